The van der Waals surface area contributed by atoms with Crippen molar-refractivity contribution in [2.75, 3.05) is 43.5 Å². The van der Waals surface area contributed by atoms with Gasteiger partial charge in [0.2, 0.25) is 0 Å². The van der Waals surface area contributed by atoms with Crippen LogP contribution in [0.25, 0.3) is 11.0 Å². The Labute approximate surface area is 191 Å². The first-order valence-electron chi connectivity index (χ1n) is 10.8. The Hall–Kier alpha value is -2.85. The fraction of sp³-hybridized carbons (Fsp3) is 0.455. The van der Waals surface area contributed by atoms with Crippen LogP contribution in [0.15, 0.2) is 41.7 Å². The summed E-state index contributed by atoms with van der Waals surface area (Å²) < 4.78 is 13.0. The van der Waals surface area contributed by atoms with Gasteiger partial charge in [0.25, 0.3) is 5.91 Å². The molecule has 170 valence electrons. The van der Waals surface area contributed by atoms with Crippen molar-refractivity contribution in [2.45, 2.75) is 31.7 Å². The molecule has 1 amide bonds. The topological polar surface area (TPSA) is 94.4 Å². The van der Waals surface area contributed by atoms with Crippen molar-refractivity contribution in [2.24, 2.45) is 0 Å². The first kappa shape index (κ1) is 22.3. The van der Waals surface area contributed by atoms with Gasteiger partial charge >= 0.3 is 0 Å². The number of para-hydroxylation sites is 1. The second-order valence-corrected chi connectivity index (χ2v) is 8.56. The van der Waals surface area contributed by atoms with E-state index >= 15 is 0 Å². The van der Waals surface area contributed by atoms with Crippen molar-refractivity contribution in [1.82, 2.24) is 25.1 Å². The SMILES string of the molecule is CCSc1nc(N2CCOCC2)c2cnn(CCNC(=O)C(C)Oc3ccccc3)c2n1. The highest BCUT2D eigenvalue weighted by molar-refractivity contribution is 7.99. The van der Waals surface area contributed by atoms with Crippen LogP contribution < -0.4 is 15.0 Å². The summed E-state index contributed by atoms with van der Waals surface area (Å²) in [6, 6.07) is 9.32. The lowest BCUT2D eigenvalue weighted by molar-refractivity contribution is -0.127. The van der Waals surface area contributed by atoms with Gasteiger partial charge in [-0.25, -0.2) is 14.6 Å². The number of morpholine rings is 1. The predicted molar refractivity (Wildman–Crippen MR) is 124 cm³/mol. The smallest absolute Gasteiger partial charge is 0.260 e. The number of nitrogens with one attached hydrogen (secondary N) is 1. The summed E-state index contributed by atoms with van der Waals surface area (Å²) in [5.41, 5.74) is 0.778. The van der Waals surface area contributed by atoms with Gasteiger partial charge < -0.3 is 19.7 Å². The third-order valence-electron chi connectivity index (χ3n) is 5.09. The molecule has 3 aromatic rings. The molecule has 1 aromatic carbocycles. The maximum absolute atomic E-state index is 12.4. The van der Waals surface area contributed by atoms with E-state index < -0.39 is 6.10 Å². The summed E-state index contributed by atoms with van der Waals surface area (Å²) in [4.78, 5) is 24.2. The third kappa shape index (κ3) is 5.31. The van der Waals surface area contributed by atoms with E-state index in [2.05, 4.69) is 22.2 Å². The molecule has 1 N–H and O–H groups in total. The molecule has 0 spiro atoms. The van der Waals surface area contributed by atoms with Crippen molar-refractivity contribution in [1.29, 1.82) is 0 Å². The molecule has 0 aliphatic carbocycles. The van der Waals surface area contributed by atoms with Gasteiger partial charge in [0.05, 0.1) is 31.3 Å². The number of carbonyl (C=O) groups excluding carboxylic acids is 1. The monoisotopic (exact) mass is 456 g/mol. The number of fused-ring (bicyclic) bond motifs is 1. The van der Waals surface area contributed by atoms with E-state index in [4.69, 9.17) is 19.4 Å². The largest absolute Gasteiger partial charge is 0.481 e. The van der Waals surface area contributed by atoms with Crippen LogP contribution in [0.4, 0.5) is 5.82 Å². The van der Waals surface area contributed by atoms with Crippen LogP contribution in [-0.4, -0.2) is 70.4 Å². The van der Waals surface area contributed by atoms with E-state index in [1.807, 2.05) is 41.2 Å². The molecule has 2 aromatic heterocycles. The minimum Gasteiger partial charge on any atom is -0.481 e. The van der Waals surface area contributed by atoms with Crippen molar-refractivity contribution >= 4 is 34.5 Å². The zero-order valence-corrected chi connectivity index (χ0v) is 19.2. The van der Waals surface area contributed by atoms with Crippen LogP contribution in [0.1, 0.15) is 13.8 Å². The molecule has 1 atom stereocenters. The Morgan fingerprint density at radius 2 is 2.03 bits per heavy atom. The van der Waals surface area contributed by atoms with Crippen LogP contribution >= 0.6 is 11.8 Å². The number of amides is 1. The maximum atomic E-state index is 12.4. The van der Waals surface area contributed by atoms with Crippen molar-refractivity contribution in [3.8, 4) is 5.75 Å². The molecule has 32 heavy (non-hydrogen) atoms. The quantitative estimate of drug-likeness (QED) is 0.387. The van der Waals surface area contributed by atoms with Gasteiger partial charge in [-0.15, -0.1) is 0 Å². The molecule has 9 nitrogen and oxygen atoms in total. The Bertz CT molecular complexity index is 1040. The molecule has 0 radical (unpaired) electrons. The fourth-order valence-corrected chi connectivity index (χ4v) is 4.04. The van der Waals surface area contributed by atoms with Gasteiger partial charge in [-0.05, 0) is 24.8 Å². The lowest BCUT2D eigenvalue weighted by Gasteiger charge is -2.28. The van der Waals surface area contributed by atoms with Gasteiger partial charge in [-0.1, -0.05) is 36.9 Å². The van der Waals surface area contributed by atoms with E-state index in [0.717, 1.165) is 40.9 Å². The van der Waals surface area contributed by atoms with Crippen molar-refractivity contribution in [3.63, 3.8) is 0 Å². The standard InChI is InChI=1S/C22H28N6O3S/c1-3-32-22-25-19(27-11-13-30-14-12-27)18-15-24-28(20(18)26-22)10-9-23-21(29)16(2)31-17-7-5-4-6-8-17/h4-8,15-16H,3,9-14H2,1-2H3,(H,23,29). The molecule has 0 saturated carbocycles. The zero-order chi connectivity index (χ0) is 22.3. The minimum atomic E-state index is -0.588. The summed E-state index contributed by atoms with van der Waals surface area (Å²) in [5.74, 6) is 2.28. The Kier molecular flexibility index (Phi) is 7.43. The number of nitrogens with zero attached hydrogens (tertiary/aromatic N) is 5. The van der Waals surface area contributed by atoms with Gasteiger partial charge in [-0.2, -0.15) is 5.10 Å². The van der Waals surface area contributed by atoms with Crippen molar-refractivity contribution in [3.05, 3.63) is 36.5 Å². The van der Waals surface area contributed by atoms with Crippen LogP contribution in [0.5, 0.6) is 5.75 Å². The number of hydrogen-bond acceptors (Lipinski definition) is 8. The molecule has 0 bridgehead atoms. The van der Waals surface area contributed by atoms with Crippen LogP contribution in [0.3, 0.4) is 0 Å². The Balaban J connectivity index is 1.43. The number of carbonyl (C=O) groups is 1. The van der Waals surface area contributed by atoms with Gasteiger partial charge in [0, 0.05) is 19.6 Å². The predicted octanol–water partition coefficient (Wildman–Crippen LogP) is 2.36. The van der Waals surface area contributed by atoms with Gasteiger partial charge in [-0.3, -0.25) is 4.79 Å². The van der Waals surface area contributed by atoms with E-state index in [1.165, 1.54) is 0 Å². The molecular formula is C22H28N6O3S. The third-order valence-corrected chi connectivity index (χ3v) is 5.82. The number of thioether (sulfide) groups is 1. The lowest BCUT2D eigenvalue weighted by Crippen LogP contribution is -2.38. The Morgan fingerprint density at radius 1 is 1.25 bits per heavy atom. The van der Waals surface area contributed by atoms with Crippen LogP contribution in [-0.2, 0) is 16.1 Å². The number of benzene rings is 1. The van der Waals surface area contributed by atoms with Crippen LogP contribution in [0.2, 0.25) is 0 Å². The molecule has 1 saturated heterocycles. The van der Waals surface area contributed by atoms with Gasteiger partial charge in [0.1, 0.15) is 11.6 Å². The normalized spacial score (nSPS) is 15.0. The molecule has 1 aliphatic rings. The summed E-state index contributed by atoms with van der Waals surface area (Å²) in [7, 11) is 0. The highest BCUT2D eigenvalue weighted by Crippen LogP contribution is 2.27. The molecule has 10 heteroatoms. The first-order chi connectivity index (χ1) is 15.7. The maximum Gasteiger partial charge on any atom is 0.260 e. The molecule has 1 fully saturated rings. The fourth-order valence-electron chi connectivity index (χ4n) is 3.48. The van der Waals surface area contributed by atoms with E-state index in [1.54, 1.807) is 18.7 Å². The summed E-state index contributed by atoms with van der Waals surface area (Å²) in [5, 5.41) is 9.10. The summed E-state index contributed by atoms with van der Waals surface area (Å²) >= 11 is 1.61. The highest BCUT2D eigenvalue weighted by Gasteiger charge is 2.20. The lowest BCUT2D eigenvalue weighted by atomic mass is 10.3. The first-order valence-corrected chi connectivity index (χ1v) is 11.8. The molecule has 4 rings (SSSR count). The van der Waals surface area contributed by atoms with Crippen LogP contribution in [0, 0.1) is 0 Å². The molecule has 1 aliphatic heterocycles. The average molecular weight is 457 g/mol. The van der Waals surface area contributed by atoms with Crippen molar-refractivity contribution < 1.29 is 14.3 Å². The number of rotatable bonds is 9. The minimum absolute atomic E-state index is 0.170. The van der Waals surface area contributed by atoms with Gasteiger partial charge in [0.15, 0.2) is 16.9 Å². The highest BCUT2D eigenvalue weighted by atomic mass is 32.2. The average Bonchev–Trinajstić information content (AvgIpc) is 3.23. The van der Waals surface area contributed by atoms with E-state index in [9.17, 15) is 4.79 Å². The zero-order valence-electron chi connectivity index (χ0n) is 18.4. The Morgan fingerprint density at radius 3 is 2.78 bits per heavy atom. The number of ether oxygens (including phenoxy) is 2. The molecular weight excluding hydrogens is 428 g/mol. The number of aromatic nitrogens is 4. The number of anilines is 1. The van der Waals surface area contributed by atoms with E-state index in [0.29, 0.717) is 32.1 Å². The summed E-state index contributed by atoms with van der Waals surface area (Å²) in [6.45, 7) is 7.70. The molecule has 3 heterocycles. The number of hydrogen-bond donors (Lipinski definition) is 1. The summed E-state index contributed by atoms with van der Waals surface area (Å²) in [6.07, 6.45) is 1.22. The second kappa shape index (κ2) is 10.6. The second-order valence-electron chi connectivity index (χ2n) is 7.33. The van der Waals surface area contributed by atoms with E-state index in [-0.39, 0.29) is 5.91 Å². The molecule has 1 unspecified atom stereocenters.